The fourth-order valence-corrected chi connectivity index (χ4v) is 4.04. The first kappa shape index (κ1) is 17.6. The SMILES string of the molecule is O=C(c1c[nH]c2ccccc12)N1CCCC(Cc2noc(-c3cccnc3)n2)C1. The zero-order valence-electron chi connectivity index (χ0n) is 15.9. The van der Waals surface area contributed by atoms with Gasteiger partial charge in [-0.2, -0.15) is 4.98 Å². The number of benzene rings is 1. The minimum atomic E-state index is 0.0799. The summed E-state index contributed by atoms with van der Waals surface area (Å²) in [5.74, 6) is 1.56. The van der Waals surface area contributed by atoms with Crippen LogP contribution in [0.25, 0.3) is 22.4 Å². The molecule has 7 heteroatoms. The number of amides is 1. The molecule has 146 valence electrons. The Morgan fingerprint density at radius 2 is 2.17 bits per heavy atom. The van der Waals surface area contributed by atoms with E-state index in [0.717, 1.165) is 41.4 Å². The predicted octanol–water partition coefficient (Wildman–Crippen LogP) is 3.71. The van der Waals surface area contributed by atoms with Gasteiger partial charge >= 0.3 is 0 Å². The van der Waals surface area contributed by atoms with Gasteiger partial charge in [-0.3, -0.25) is 9.78 Å². The van der Waals surface area contributed by atoms with Crippen molar-refractivity contribution in [3.8, 4) is 11.5 Å². The third-order valence-electron chi connectivity index (χ3n) is 5.47. The normalized spacial score (nSPS) is 17.0. The molecular formula is C22H21N5O2. The first-order valence-electron chi connectivity index (χ1n) is 9.86. The molecule has 1 fully saturated rings. The highest BCUT2D eigenvalue weighted by Gasteiger charge is 2.27. The van der Waals surface area contributed by atoms with Crippen LogP contribution in [-0.4, -0.2) is 44.0 Å². The van der Waals surface area contributed by atoms with Gasteiger partial charge in [0.15, 0.2) is 5.82 Å². The van der Waals surface area contributed by atoms with Crippen molar-refractivity contribution >= 4 is 16.8 Å². The third kappa shape index (κ3) is 3.51. The Morgan fingerprint density at radius 1 is 1.24 bits per heavy atom. The van der Waals surface area contributed by atoms with Crippen molar-refractivity contribution in [2.75, 3.05) is 13.1 Å². The van der Waals surface area contributed by atoms with Gasteiger partial charge in [0.2, 0.25) is 0 Å². The Labute approximate surface area is 167 Å². The molecule has 1 amide bonds. The maximum atomic E-state index is 13.1. The van der Waals surface area contributed by atoms with Gasteiger partial charge in [-0.1, -0.05) is 23.4 Å². The summed E-state index contributed by atoms with van der Waals surface area (Å²) in [5, 5.41) is 5.10. The molecule has 1 aliphatic heterocycles. The molecule has 5 rings (SSSR count). The van der Waals surface area contributed by atoms with E-state index in [-0.39, 0.29) is 5.91 Å². The van der Waals surface area contributed by atoms with Crippen molar-refractivity contribution in [1.29, 1.82) is 0 Å². The maximum absolute atomic E-state index is 13.1. The summed E-state index contributed by atoms with van der Waals surface area (Å²) in [4.78, 5) is 26.8. The van der Waals surface area contributed by atoms with Crippen LogP contribution in [0.1, 0.15) is 29.0 Å². The standard InChI is InChI=1S/C22H21N5O2/c28-22(18-13-24-19-8-2-1-7-17(18)19)27-10-4-5-15(14-27)11-20-25-21(29-26-20)16-6-3-9-23-12-16/h1-3,6-9,12-13,15,24H,4-5,10-11,14H2. The molecular weight excluding hydrogens is 366 g/mol. The molecule has 1 saturated heterocycles. The smallest absolute Gasteiger partial charge is 0.259 e. The number of nitrogens with one attached hydrogen (secondary N) is 1. The van der Waals surface area contributed by atoms with Crippen molar-refractivity contribution in [2.24, 2.45) is 5.92 Å². The van der Waals surface area contributed by atoms with Crippen LogP contribution in [-0.2, 0) is 6.42 Å². The van der Waals surface area contributed by atoms with Gasteiger partial charge in [0.05, 0.1) is 11.1 Å². The Hall–Kier alpha value is -3.48. The van der Waals surface area contributed by atoms with E-state index in [4.69, 9.17) is 4.52 Å². The van der Waals surface area contributed by atoms with Gasteiger partial charge in [-0.15, -0.1) is 0 Å². The lowest BCUT2D eigenvalue weighted by molar-refractivity contribution is 0.0674. The molecule has 4 aromatic rings. The molecule has 3 aromatic heterocycles. The molecule has 0 saturated carbocycles. The first-order valence-corrected chi connectivity index (χ1v) is 9.86. The van der Waals surface area contributed by atoms with Gasteiger partial charge in [0.25, 0.3) is 11.8 Å². The summed E-state index contributed by atoms with van der Waals surface area (Å²) in [6, 6.07) is 11.6. The van der Waals surface area contributed by atoms with Gasteiger partial charge < -0.3 is 14.4 Å². The Morgan fingerprint density at radius 3 is 3.07 bits per heavy atom. The second-order valence-corrected chi connectivity index (χ2v) is 7.47. The number of fused-ring (bicyclic) bond motifs is 1. The lowest BCUT2D eigenvalue weighted by atomic mass is 9.94. The average Bonchev–Trinajstić information content (AvgIpc) is 3.41. The summed E-state index contributed by atoms with van der Waals surface area (Å²) in [5.41, 5.74) is 2.53. The van der Waals surface area contributed by atoms with E-state index in [9.17, 15) is 4.79 Å². The summed E-state index contributed by atoms with van der Waals surface area (Å²) >= 11 is 0. The van der Waals surface area contributed by atoms with Crippen LogP contribution in [0.3, 0.4) is 0 Å². The van der Waals surface area contributed by atoms with Gasteiger partial charge in [-0.05, 0) is 37.0 Å². The van der Waals surface area contributed by atoms with E-state index in [0.29, 0.717) is 30.6 Å². The van der Waals surface area contributed by atoms with Crippen LogP contribution < -0.4 is 0 Å². The monoisotopic (exact) mass is 387 g/mol. The molecule has 0 bridgehead atoms. The number of H-pyrrole nitrogens is 1. The topological polar surface area (TPSA) is 87.9 Å². The van der Waals surface area contributed by atoms with E-state index in [2.05, 4.69) is 20.1 Å². The van der Waals surface area contributed by atoms with E-state index >= 15 is 0 Å². The molecule has 7 nitrogen and oxygen atoms in total. The quantitative estimate of drug-likeness (QED) is 0.577. The Balaban J connectivity index is 1.29. The number of carbonyl (C=O) groups is 1. The molecule has 0 aliphatic carbocycles. The maximum Gasteiger partial charge on any atom is 0.259 e. The van der Waals surface area contributed by atoms with E-state index < -0.39 is 0 Å². The fourth-order valence-electron chi connectivity index (χ4n) is 4.04. The van der Waals surface area contributed by atoms with Crippen LogP contribution >= 0.6 is 0 Å². The molecule has 29 heavy (non-hydrogen) atoms. The van der Waals surface area contributed by atoms with Crippen molar-refractivity contribution < 1.29 is 9.32 Å². The van der Waals surface area contributed by atoms with Crippen LogP contribution in [0.15, 0.2) is 59.5 Å². The molecule has 1 atom stereocenters. The minimum Gasteiger partial charge on any atom is -0.360 e. The van der Waals surface area contributed by atoms with Crippen molar-refractivity contribution in [3.05, 3.63) is 66.4 Å². The molecule has 1 N–H and O–H groups in total. The van der Waals surface area contributed by atoms with Crippen LogP contribution in [0.4, 0.5) is 0 Å². The number of rotatable bonds is 4. The molecule has 4 heterocycles. The van der Waals surface area contributed by atoms with Crippen LogP contribution in [0.2, 0.25) is 0 Å². The highest BCUT2D eigenvalue weighted by atomic mass is 16.5. The van der Waals surface area contributed by atoms with E-state index in [1.54, 1.807) is 12.4 Å². The van der Waals surface area contributed by atoms with Crippen molar-refractivity contribution in [2.45, 2.75) is 19.3 Å². The summed E-state index contributed by atoms with van der Waals surface area (Å²) in [6.45, 7) is 1.48. The van der Waals surface area contributed by atoms with Crippen LogP contribution in [0, 0.1) is 5.92 Å². The lowest BCUT2D eigenvalue weighted by Gasteiger charge is -2.32. The Bertz CT molecular complexity index is 1130. The summed E-state index contributed by atoms with van der Waals surface area (Å²) in [7, 11) is 0. The second-order valence-electron chi connectivity index (χ2n) is 7.47. The molecule has 1 aromatic carbocycles. The second kappa shape index (κ2) is 7.50. The van der Waals surface area contributed by atoms with Gasteiger partial charge in [-0.25, -0.2) is 0 Å². The number of aromatic nitrogens is 4. The van der Waals surface area contributed by atoms with Crippen molar-refractivity contribution in [3.63, 3.8) is 0 Å². The van der Waals surface area contributed by atoms with Gasteiger partial charge in [0, 0.05) is 49.0 Å². The Kier molecular flexibility index (Phi) is 4.56. The fraction of sp³-hybridized carbons (Fsp3) is 0.273. The number of carbonyl (C=O) groups excluding carboxylic acids is 1. The van der Waals surface area contributed by atoms with E-state index in [1.807, 2.05) is 47.5 Å². The largest absolute Gasteiger partial charge is 0.360 e. The number of pyridine rings is 1. The summed E-state index contributed by atoms with van der Waals surface area (Å²) in [6.07, 6.45) is 7.96. The number of hydrogen-bond acceptors (Lipinski definition) is 5. The van der Waals surface area contributed by atoms with E-state index in [1.165, 1.54) is 0 Å². The average molecular weight is 387 g/mol. The zero-order valence-corrected chi connectivity index (χ0v) is 15.9. The number of piperidine rings is 1. The highest BCUT2D eigenvalue weighted by molar-refractivity contribution is 6.06. The molecule has 1 aliphatic rings. The number of aromatic amines is 1. The third-order valence-corrected chi connectivity index (χ3v) is 5.47. The number of para-hydroxylation sites is 1. The number of likely N-dealkylation sites (tertiary alicyclic amines) is 1. The molecule has 0 spiro atoms. The zero-order chi connectivity index (χ0) is 19.6. The van der Waals surface area contributed by atoms with Gasteiger partial charge in [0.1, 0.15) is 0 Å². The molecule has 1 unspecified atom stereocenters. The predicted molar refractivity (Wildman–Crippen MR) is 108 cm³/mol. The highest BCUT2D eigenvalue weighted by Crippen LogP contribution is 2.25. The summed E-state index contributed by atoms with van der Waals surface area (Å²) < 4.78 is 5.39. The lowest BCUT2D eigenvalue weighted by Crippen LogP contribution is -2.40. The first-order chi connectivity index (χ1) is 14.3. The van der Waals surface area contributed by atoms with Crippen LogP contribution in [0.5, 0.6) is 0 Å². The minimum absolute atomic E-state index is 0.0799. The number of nitrogens with zero attached hydrogens (tertiary/aromatic N) is 4. The number of hydrogen-bond donors (Lipinski definition) is 1. The van der Waals surface area contributed by atoms with Crippen molar-refractivity contribution in [1.82, 2.24) is 25.0 Å². The molecule has 0 radical (unpaired) electrons.